The quantitative estimate of drug-likeness (QED) is 0.515. The lowest BCUT2D eigenvalue weighted by Gasteiger charge is -2.20. The molecule has 2 aromatic heterocycles. The lowest BCUT2D eigenvalue weighted by atomic mass is 10.1. The Morgan fingerprint density at radius 2 is 1.80 bits per heavy atom. The fraction of sp³-hybridized carbons (Fsp3) is 0.190. The van der Waals surface area contributed by atoms with E-state index in [0.29, 0.717) is 16.5 Å². The first kappa shape index (κ1) is 20.0. The highest BCUT2D eigenvalue weighted by atomic mass is 32.2. The summed E-state index contributed by atoms with van der Waals surface area (Å²) in [7, 11) is -2.23. The van der Waals surface area contributed by atoms with Crippen LogP contribution in [0.1, 0.15) is 18.5 Å². The first-order valence-corrected chi connectivity index (χ1v) is 11.0. The lowest BCUT2D eigenvalue weighted by Crippen LogP contribution is -2.25. The molecule has 0 saturated carbocycles. The second-order valence-electron chi connectivity index (χ2n) is 7.20. The summed E-state index contributed by atoms with van der Waals surface area (Å²) >= 11 is 0. The van der Waals surface area contributed by atoms with Crippen molar-refractivity contribution in [3.8, 4) is 11.6 Å². The molecule has 2 aromatic carbocycles. The van der Waals surface area contributed by atoms with E-state index >= 15 is 0 Å². The van der Waals surface area contributed by atoms with Gasteiger partial charge >= 0.3 is 0 Å². The number of nitrogens with zero attached hydrogens (tertiary/aromatic N) is 3. The zero-order valence-electron chi connectivity index (χ0n) is 16.5. The van der Waals surface area contributed by atoms with Crippen molar-refractivity contribution >= 4 is 37.4 Å². The van der Waals surface area contributed by atoms with E-state index in [4.69, 9.17) is 0 Å². The third kappa shape index (κ3) is 3.02. The Hall–Kier alpha value is -3.33. The second-order valence-corrected chi connectivity index (χ2v) is 9.22. The number of aromatic nitrogens is 2. The molecule has 0 amide bonds. The average Bonchev–Trinajstić information content (AvgIpc) is 3.04. The number of phenols is 1. The number of anilines is 1. The molecule has 4 rings (SSSR count). The summed E-state index contributed by atoms with van der Waals surface area (Å²) in [6.45, 7) is 1.81. The maximum atomic E-state index is 13.3. The highest BCUT2D eigenvalue weighted by molar-refractivity contribution is 7.92. The van der Waals surface area contributed by atoms with Crippen LogP contribution in [0, 0.1) is 5.82 Å². The number of halogens is 1. The summed E-state index contributed by atoms with van der Waals surface area (Å²) in [5, 5.41) is 22.7. The molecule has 0 aliphatic carbocycles. The van der Waals surface area contributed by atoms with E-state index < -0.39 is 16.1 Å². The summed E-state index contributed by atoms with van der Waals surface area (Å²) in [4.78, 5) is 4.19. The Kier molecular flexibility index (Phi) is 4.58. The van der Waals surface area contributed by atoms with E-state index in [0.717, 1.165) is 16.1 Å². The van der Waals surface area contributed by atoms with Gasteiger partial charge in [-0.2, -0.15) is 0 Å². The van der Waals surface area contributed by atoms with Crippen molar-refractivity contribution in [1.82, 2.24) is 9.55 Å². The predicted molar refractivity (Wildman–Crippen MR) is 114 cm³/mol. The van der Waals surface area contributed by atoms with Crippen LogP contribution in [0.3, 0.4) is 0 Å². The van der Waals surface area contributed by atoms with Crippen molar-refractivity contribution < 1.29 is 23.0 Å². The first-order valence-electron chi connectivity index (χ1n) is 9.13. The molecule has 4 aromatic rings. The van der Waals surface area contributed by atoms with Crippen molar-refractivity contribution in [1.29, 1.82) is 0 Å². The number of benzene rings is 2. The molecule has 2 heterocycles. The van der Waals surface area contributed by atoms with Crippen LogP contribution in [0.4, 0.5) is 10.1 Å². The van der Waals surface area contributed by atoms with E-state index in [-0.39, 0.29) is 28.3 Å². The minimum absolute atomic E-state index is 0.0978. The first-order chi connectivity index (χ1) is 14.1. The fourth-order valence-corrected chi connectivity index (χ4v) is 4.21. The Labute approximate surface area is 172 Å². The van der Waals surface area contributed by atoms with E-state index in [1.807, 2.05) is 0 Å². The van der Waals surface area contributed by atoms with Gasteiger partial charge in [0.2, 0.25) is 15.9 Å². The van der Waals surface area contributed by atoms with Gasteiger partial charge in [-0.25, -0.2) is 12.8 Å². The number of hydrogen-bond acceptors (Lipinski definition) is 5. The van der Waals surface area contributed by atoms with Crippen molar-refractivity contribution in [2.45, 2.75) is 13.0 Å². The molecule has 0 saturated heterocycles. The topological polar surface area (TPSA) is 95.7 Å². The summed E-state index contributed by atoms with van der Waals surface area (Å²) in [5.74, 6) is -0.858. The molecule has 1 unspecified atom stereocenters. The lowest BCUT2D eigenvalue weighted by molar-refractivity contribution is 0.409. The number of aromatic hydroxyl groups is 2. The molecule has 1 atom stereocenters. The normalized spacial score (nSPS) is 13.1. The SMILES string of the molecule is CC(c1ccc(F)cc1)n1cc2c(N(C)S(C)(=O)=O)c3cccnc3c(O)c2c1O. The zero-order chi connectivity index (χ0) is 21.8. The molecular weight excluding hydrogens is 409 g/mol. The number of rotatable bonds is 4. The van der Waals surface area contributed by atoms with Gasteiger partial charge in [0.05, 0.1) is 23.4 Å². The van der Waals surface area contributed by atoms with E-state index in [1.54, 1.807) is 37.4 Å². The molecule has 0 spiro atoms. The number of hydrogen-bond donors (Lipinski definition) is 2. The standard InChI is InChI=1S/C21H20FN3O4S/c1-12(13-6-8-14(22)9-7-13)25-11-16-17(21(25)27)20(26)18-15(5-4-10-23-18)19(16)24(2)30(3,28)29/h4-12,26-27H,1-3H3. The van der Waals surface area contributed by atoms with E-state index in [1.165, 1.54) is 29.9 Å². The molecule has 0 radical (unpaired) electrons. The van der Waals surface area contributed by atoms with Gasteiger partial charge in [-0.3, -0.25) is 9.29 Å². The maximum absolute atomic E-state index is 13.3. The summed E-state index contributed by atoms with van der Waals surface area (Å²) in [6.07, 6.45) is 4.14. The molecule has 156 valence electrons. The van der Waals surface area contributed by atoms with E-state index in [9.17, 15) is 23.0 Å². The zero-order valence-corrected chi connectivity index (χ0v) is 17.4. The molecule has 0 fully saturated rings. The largest absolute Gasteiger partial charge is 0.505 e. The molecule has 0 aliphatic heterocycles. The van der Waals surface area contributed by atoms with Crippen molar-refractivity contribution in [2.24, 2.45) is 0 Å². The van der Waals surface area contributed by atoms with Crippen LogP contribution in [0.15, 0.2) is 48.8 Å². The highest BCUT2D eigenvalue weighted by Crippen LogP contribution is 2.47. The molecule has 9 heteroatoms. The van der Waals surface area contributed by atoms with Crippen LogP contribution in [0.25, 0.3) is 21.7 Å². The summed E-state index contributed by atoms with van der Waals surface area (Å²) < 4.78 is 40.6. The molecule has 7 nitrogen and oxygen atoms in total. The third-order valence-corrected chi connectivity index (χ3v) is 6.54. The van der Waals surface area contributed by atoms with Crippen LogP contribution >= 0.6 is 0 Å². The predicted octanol–water partition coefficient (Wildman–Crippen LogP) is 3.74. The molecule has 0 bridgehead atoms. The van der Waals surface area contributed by atoms with Gasteiger partial charge in [0, 0.05) is 30.2 Å². The number of pyridine rings is 1. The van der Waals surface area contributed by atoms with Crippen LogP contribution < -0.4 is 4.31 Å². The Bertz CT molecular complexity index is 1380. The van der Waals surface area contributed by atoms with Crippen LogP contribution in [-0.4, -0.2) is 41.5 Å². The minimum atomic E-state index is -3.64. The van der Waals surface area contributed by atoms with Crippen LogP contribution in [-0.2, 0) is 10.0 Å². The Morgan fingerprint density at radius 1 is 1.13 bits per heavy atom. The van der Waals surface area contributed by atoms with Crippen molar-refractivity contribution in [3.05, 3.63) is 60.2 Å². The van der Waals surface area contributed by atoms with Gasteiger partial charge in [-0.05, 0) is 36.8 Å². The Balaban J connectivity index is 2.08. The third-order valence-electron chi connectivity index (χ3n) is 5.37. The molecule has 0 aliphatic rings. The molecule has 30 heavy (non-hydrogen) atoms. The molecular formula is C21H20FN3O4S. The van der Waals surface area contributed by atoms with E-state index in [2.05, 4.69) is 4.98 Å². The van der Waals surface area contributed by atoms with Gasteiger partial charge < -0.3 is 14.8 Å². The Morgan fingerprint density at radius 3 is 2.43 bits per heavy atom. The summed E-state index contributed by atoms with van der Waals surface area (Å²) in [5.41, 5.74) is 1.21. The smallest absolute Gasteiger partial charge is 0.232 e. The summed E-state index contributed by atoms with van der Waals surface area (Å²) in [6, 6.07) is 8.75. The van der Waals surface area contributed by atoms with Gasteiger partial charge in [-0.15, -0.1) is 0 Å². The van der Waals surface area contributed by atoms with Crippen LogP contribution in [0.2, 0.25) is 0 Å². The number of fused-ring (bicyclic) bond motifs is 2. The fourth-order valence-electron chi connectivity index (χ4n) is 3.68. The second kappa shape index (κ2) is 6.88. The van der Waals surface area contributed by atoms with Gasteiger partial charge in [0.15, 0.2) is 5.75 Å². The van der Waals surface area contributed by atoms with Gasteiger partial charge in [0.1, 0.15) is 11.3 Å². The number of phenolic OH excluding ortho intramolecular Hbond substituents is 1. The highest BCUT2D eigenvalue weighted by Gasteiger charge is 2.27. The van der Waals surface area contributed by atoms with Gasteiger partial charge in [-0.1, -0.05) is 12.1 Å². The van der Waals surface area contributed by atoms with Crippen molar-refractivity contribution in [3.63, 3.8) is 0 Å². The monoisotopic (exact) mass is 429 g/mol. The number of sulfonamides is 1. The average molecular weight is 429 g/mol. The van der Waals surface area contributed by atoms with Crippen molar-refractivity contribution in [2.75, 3.05) is 17.6 Å². The maximum Gasteiger partial charge on any atom is 0.232 e. The molecule has 2 N–H and O–H groups in total. The minimum Gasteiger partial charge on any atom is -0.505 e. The van der Waals surface area contributed by atoms with Gasteiger partial charge in [0.25, 0.3) is 0 Å². The van der Waals surface area contributed by atoms with Crippen LogP contribution in [0.5, 0.6) is 11.6 Å².